The van der Waals surface area contributed by atoms with Gasteiger partial charge in [0.25, 0.3) is 12.2 Å². The predicted octanol–water partition coefficient (Wildman–Crippen LogP) is 0.787. The van der Waals surface area contributed by atoms with Crippen LogP contribution in [0.3, 0.4) is 0 Å². The number of pyridine rings is 1. The molecule has 0 aliphatic heterocycles. The number of nitrogens with one attached hydrogen (secondary N) is 1. The summed E-state index contributed by atoms with van der Waals surface area (Å²) in [6.45, 7) is 0. The summed E-state index contributed by atoms with van der Waals surface area (Å²) in [7, 11) is 0. The van der Waals surface area contributed by atoms with Crippen LogP contribution in [0, 0.1) is 0 Å². The molecule has 114 valence electrons. The Labute approximate surface area is 123 Å². The number of hydrogen-bond acceptors (Lipinski definition) is 6. The molecule has 1 amide bonds. The maximum Gasteiger partial charge on any atom is 0.381 e. The van der Waals surface area contributed by atoms with Crippen LogP contribution in [0.15, 0.2) is 16.7 Å². The summed E-state index contributed by atoms with van der Waals surface area (Å²) in [5.41, 5.74) is 4.94. The zero-order chi connectivity index (χ0) is 16.2. The van der Waals surface area contributed by atoms with Crippen molar-refractivity contribution in [3.63, 3.8) is 0 Å². The summed E-state index contributed by atoms with van der Waals surface area (Å²) in [5.74, 6) is -5.39. The molecule has 0 spiro atoms. The number of esters is 2. The number of ether oxygens (including phenoxy) is 1. The Hall–Kier alpha value is -2.17. The first-order chi connectivity index (χ1) is 9.72. The van der Waals surface area contributed by atoms with Crippen molar-refractivity contribution in [3.8, 4) is 0 Å². The van der Waals surface area contributed by atoms with Gasteiger partial charge in [0, 0.05) is 10.7 Å². The highest BCUT2D eigenvalue weighted by molar-refractivity contribution is 9.10. The molecule has 1 aromatic heterocycles. The Kier molecular flexibility index (Phi) is 5.64. The van der Waals surface area contributed by atoms with Crippen LogP contribution >= 0.6 is 15.9 Å². The fourth-order valence-electron chi connectivity index (χ4n) is 1.08. The largest absolute Gasteiger partial charge is 0.397 e. The number of anilines is 1. The standard InChI is InChI=1S/C10H7BrF3N3O4/c11-3-1-4(15)5(16-2-3)8(18)17-7(14)10(20)21-9(19)6(12)13/h1-2,6-7H,15H2,(H,17,18). The summed E-state index contributed by atoms with van der Waals surface area (Å²) >= 11 is 3.03. The molecule has 0 radical (unpaired) electrons. The summed E-state index contributed by atoms with van der Waals surface area (Å²) in [6.07, 6.45) is -5.23. The molecule has 1 rings (SSSR count). The lowest BCUT2D eigenvalue weighted by atomic mass is 10.3. The van der Waals surface area contributed by atoms with E-state index in [0.717, 1.165) is 0 Å². The Bertz CT molecular complexity index is 585. The number of alkyl halides is 3. The lowest BCUT2D eigenvalue weighted by Crippen LogP contribution is -2.40. The molecule has 0 aliphatic rings. The highest BCUT2D eigenvalue weighted by Crippen LogP contribution is 2.15. The third-order valence-corrected chi connectivity index (χ3v) is 2.38. The monoisotopic (exact) mass is 369 g/mol. The molecule has 3 N–H and O–H groups in total. The molecule has 1 unspecified atom stereocenters. The van der Waals surface area contributed by atoms with Crippen molar-refractivity contribution in [3.05, 3.63) is 22.4 Å². The van der Waals surface area contributed by atoms with E-state index < -0.39 is 36.3 Å². The Morgan fingerprint density at radius 1 is 1.29 bits per heavy atom. The Balaban J connectivity index is 2.69. The second-order valence-electron chi connectivity index (χ2n) is 3.47. The van der Waals surface area contributed by atoms with Crippen LogP contribution in [0.2, 0.25) is 0 Å². The third kappa shape index (κ3) is 4.70. The minimum absolute atomic E-state index is 0.119. The lowest BCUT2D eigenvalue weighted by molar-refractivity contribution is -0.171. The van der Waals surface area contributed by atoms with Crippen molar-refractivity contribution in [1.29, 1.82) is 0 Å². The molecule has 7 nitrogen and oxygen atoms in total. The van der Waals surface area contributed by atoms with Gasteiger partial charge >= 0.3 is 18.4 Å². The Morgan fingerprint density at radius 3 is 2.43 bits per heavy atom. The normalized spacial score (nSPS) is 11.9. The highest BCUT2D eigenvalue weighted by Gasteiger charge is 2.29. The molecule has 1 atom stereocenters. The molecule has 1 aromatic rings. The van der Waals surface area contributed by atoms with Crippen molar-refractivity contribution in [2.24, 2.45) is 0 Å². The van der Waals surface area contributed by atoms with Gasteiger partial charge < -0.3 is 15.8 Å². The van der Waals surface area contributed by atoms with Gasteiger partial charge in [-0.2, -0.15) is 8.78 Å². The van der Waals surface area contributed by atoms with Crippen LogP contribution in [0.25, 0.3) is 0 Å². The maximum absolute atomic E-state index is 13.3. The number of hydrogen-bond donors (Lipinski definition) is 2. The molecular weight excluding hydrogens is 363 g/mol. The molecule has 0 saturated heterocycles. The van der Waals surface area contributed by atoms with Gasteiger partial charge in [-0.1, -0.05) is 0 Å². The van der Waals surface area contributed by atoms with Crippen molar-refractivity contribution in [2.45, 2.75) is 12.7 Å². The van der Waals surface area contributed by atoms with Crippen molar-refractivity contribution >= 4 is 39.5 Å². The average molecular weight is 370 g/mol. The van der Waals surface area contributed by atoms with Crippen LogP contribution in [-0.4, -0.2) is 35.6 Å². The number of halogens is 4. The summed E-state index contributed by atoms with van der Waals surface area (Å²) in [4.78, 5) is 36.5. The summed E-state index contributed by atoms with van der Waals surface area (Å²) in [5, 5.41) is 1.47. The van der Waals surface area contributed by atoms with E-state index in [2.05, 4.69) is 25.7 Å². The zero-order valence-corrected chi connectivity index (χ0v) is 11.6. The fourth-order valence-corrected chi connectivity index (χ4v) is 1.43. The number of nitrogens with two attached hydrogens (primary N) is 1. The molecule has 0 fully saturated rings. The van der Waals surface area contributed by atoms with Gasteiger partial charge in [-0.3, -0.25) is 4.79 Å². The molecular formula is C10H7BrF3N3O4. The highest BCUT2D eigenvalue weighted by atomic mass is 79.9. The number of carbonyl (C=O) groups excluding carboxylic acids is 3. The summed E-state index contributed by atoms with van der Waals surface area (Å²) < 4.78 is 40.8. The Morgan fingerprint density at radius 2 is 1.90 bits per heavy atom. The third-order valence-electron chi connectivity index (χ3n) is 1.94. The number of nitrogen functional groups attached to an aromatic ring is 1. The first kappa shape index (κ1) is 16.9. The molecule has 11 heteroatoms. The second-order valence-corrected chi connectivity index (χ2v) is 4.38. The number of nitrogens with zero attached hydrogens (tertiary/aromatic N) is 1. The molecule has 0 aromatic carbocycles. The number of carbonyl (C=O) groups is 3. The minimum Gasteiger partial charge on any atom is -0.397 e. The van der Waals surface area contributed by atoms with Crippen LogP contribution in [0.5, 0.6) is 0 Å². The SMILES string of the molecule is Nc1cc(Br)cnc1C(=O)NC(F)C(=O)OC(=O)C(F)F. The molecule has 0 aliphatic carbocycles. The van der Waals surface area contributed by atoms with E-state index in [-0.39, 0.29) is 5.69 Å². The van der Waals surface area contributed by atoms with Crippen LogP contribution in [-0.2, 0) is 14.3 Å². The van der Waals surface area contributed by atoms with Crippen LogP contribution < -0.4 is 11.1 Å². The van der Waals surface area contributed by atoms with E-state index in [1.807, 2.05) is 0 Å². The van der Waals surface area contributed by atoms with Crippen LogP contribution in [0.1, 0.15) is 10.5 Å². The summed E-state index contributed by atoms with van der Waals surface area (Å²) in [6, 6.07) is 1.30. The van der Waals surface area contributed by atoms with Gasteiger partial charge in [0.1, 0.15) is 0 Å². The fraction of sp³-hybridized carbons (Fsp3) is 0.200. The molecule has 21 heavy (non-hydrogen) atoms. The number of rotatable bonds is 4. The van der Waals surface area contributed by atoms with E-state index in [1.165, 1.54) is 17.6 Å². The zero-order valence-electron chi connectivity index (χ0n) is 9.98. The van der Waals surface area contributed by atoms with Gasteiger partial charge in [0.05, 0.1) is 5.69 Å². The molecule has 0 saturated carbocycles. The van der Waals surface area contributed by atoms with E-state index in [9.17, 15) is 27.6 Å². The minimum atomic E-state index is -3.60. The maximum atomic E-state index is 13.3. The van der Waals surface area contributed by atoms with E-state index in [4.69, 9.17) is 5.73 Å². The van der Waals surface area contributed by atoms with Gasteiger partial charge in [-0.05, 0) is 22.0 Å². The van der Waals surface area contributed by atoms with Crippen molar-refractivity contribution in [2.75, 3.05) is 5.73 Å². The smallest absolute Gasteiger partial charge is 0.381 e. The van der Waals surface area contributed by atoms with Crippen LogP contribution in [0.4, 0.5) is 18.9 Å². The predicted molar refractivity (Wildman–Crippen MR) is 65.8 cm³/mol. The van der Waals surface area contributed by atoms with Gasteiger partial charge in [0.2, 0.25) is 0 Å². The number of aromatic nitrogens is 1. The molecule has 0 bridgehead atoms. The van der Waals surface area contributed by atoms with E-state index >= 15 is 0 Å². The van der Waals surface area contributed by atoms with Gasteiger partial charge in [-0.25, -0.2) is 19.0 Å². The quantitative estimate of drug-likeness (QED) is 0.461. The van der Waals surface area contributed by atoms with Crippen molar-refractivity contribution < 1.29 is 32.3 Å². The van der Waals surface area contributed by atoms with Crippen molar-refractivity contribution in [1.82, 2.24) is 10.3 Å². The molecule has 1 heterocycles. The number of amides is 1. The topological polar surface area (TPSA) is 111 Å². The second kappa shape index (κ2) is 7.02. The van der Waals surface area contributed by atoms with E-state index in [0.29, 0.717) is 4.47 Å². The lowest BCUT2D eigenvalue weighted by Gasteiger charge is -2.10. The van der Waals surface area contributed by atoms with Gasteiger partial charge in [-0.15, -0.1) is 0 Å². The first-order valence-corrected chi connectivity index (χ1v) is 5.91. The average Bonchev–Trinajstić information content (AvgIpc) is 2.37. The van der Waals surface area contributed by atoms with E-state index in [1.54, 1.807) is 0 Å². The first-order valence-electron chi connectivity index (χ1n) is 5.12. The van der Waals surface area contributed by atoms with Gasteiger partial charge in [0.15, 0.2) is 5.69 Å².